The first-order valence-electron chi connectivity index (χ1n) is 5.36. The molecule has 0 aliphatic heterocycles. The Morgan fingerprint density at radius 1 is 1.58 bits per heavy atom. The third-order valence-corrected chi connectivity index (χ3v) is 5.97. The van der Waals surface area contributed by atoms with Crippen molar-refractivity contribution in [3.63, 3.8) is 0 Å². The van der Waals surface area contributed by atoms with Gasteiger partial charge in [0.15, 0.2) is 5.03 Å². The van der Waals surface area contributed by atoms with Gasteiger partial charge in [-0.2, -0.15) is 9.40 Å². The summed E-state index contributed by atoms with van der Waals surface area (Å²) in [6, 6.07) is 1.90. The standard InChI is InChI=1S/C10H13BrN4O2S2/c1-15(5-7-2-9(11)18-6-7)19(16,17)10-8(3-12)4-13-14-10/h2,4,6H,3,5,12H2,1H3,(H,13,14). The predicted molar refractivity (Wildman–Crippen MR) is 77.2 cm³/mol. The van der Waals surface area contributed by atoms with Crippen molar-refractivity contribution in [3.8, 4) is 0 Å². The van der Waals surface area contributed by atoms with E-state index in [1.54, 1.807) is 0 Å². The van der Waals surface area contributed by atoms with Crippen molar-refractivity contribution >= 4 is 37.3 Å². The maximum Gasteiger partial charge on any atom is 0.260 e. The Morgan fingerprint density at radius 2 is 2.32 bits per heavy atom. The largest absolute Gasteiger partial charge is 0.326 e. The van der Waals surface area contributed by atoms with Gasteiger partial charge in [0.2, 0.25) is 0 Å². The molecule has 19 heavy (non-hydrogen) atoms. The van der Waals surface area contributed by atoms with Crippen LogP contribution in [0.1, 0.15) is 11.1 Å². The second-order valence-electron chi connectivity index (χ2n) is 3.95. The Morgan fingerprint density at radius 3 is 2.89 bits per heavy atom. The molecule has 0 unspecified atom stereocenters. The highest BCUT2D eigenvalue weighted by atomic mass is 79.9. The number of hydrogen-bond acceptors (Lipinski definition) is 5. The third-order valence-electron chi connectivity index (χ3n) is 2.59. The van der Waals surface area contributed by atoms with Gasteiger partial charge in [-0.15, -0.1) is 11.3 Å². The number of halogens is 1. The van der Waals surface area contributed by atoms with E-state index in [0.29, 0.717) is 12.1 Å². The number of rotatable bonds is 5. The fourth-order valence-corrected chi connectivity index (χ4v) is 4.06. The fraction of sp³-hybridized carbons (Fsp3) is 0.300. The first kappa shape index (κ1) is 14.7. The first-order chi connectivity index (χ1) is 8.95. The number of nitrogens with two attached hydrogens (primary N) is 1. The highest BCUT2D eigenvalue weighted by molar-refractivity contribution is 9.11. The van der Waals surface area contributed by atoms with Crippen LogP contribution < -0.4 is 5.73 Å². The minimum atomic E-state index is -3.60. The zero-order valence-corrected chi connectivity index (χ0v) is 13.3. The van der Waals surface area contributed by atoms with Crippen molar-refractivity contribution in [2.45, 2.75) is 18.1 Å². The summed E-state index contributed by atoms with van der Waals surface area (Å²) in [7, 11) is -2.07. The fourth-order valence-electron chi connectivity index (χ4n) is 1.59. The van der Waals surface area contributed by atoms with Crippen LogP contribution in [0, 0.1) is 0 Å². The van der Waals surface area contributed by atoms with Crippen molar-refractivity contribution in [2.75, 3.05) is 7.05 Å². The molecule has 0 aromatic carbocycles. The van der Waals surface area contributed by atoms with E-state index >= 15 is 0 Å². The number of H-pyrrole nitrogens is 1. The molecule has 0 aliphatic carbocycles. The quantitative estimate of drug-likeness (QED) is 0.840. The number of aromatic nitrogens is 2. The number of nitrogens with one attached hydrogen (secondary N) is 1. The van der Waals surface area contributed by atoms with Gasteiger partial charge in [0, 0.05) is 25.7 Å². The molecule has 0 atom stereocenters. The van der Waals surface area contributed by atoms with Gasteiger partial charge in [-0.25, -0.2) is 8.42 Å². The van der Waals surface area contributed by atoms with Crippen LogP contribution in [0.25, 0.3) is 0 Å². The Labute approximate surface area is 123 Å². The topological polar surface area (TPSA) is 92.1 Å². The lowest BCUT2D eigenvalue weighted by molar-refractivity contribution is 0.463. The summed E-state index contributed by atoms with van der Waals surface area (Å²) in [5.74, 6) is 0. The summed E-state index contributed by atoms with van der Waals surface area (Å²) in [5, 5.41) is 8.21. The molecule has 0 saturated carbocycles. The number of sulfonamides is 1. The predicted octanol–water partition coefficient (Wildman–Crippen LogP) is 1.51. The first-order valence-corrected chi connectivity index (χ1v) is 8.48. The van der Waals surface area contributed by atoms with Crippen LogP contribution in [0.5, 0.6) is 0 Å². The lowest BCUT2D eigenvalue weighted by Gasteiger charge is -2.16. The summed E-state index contributed by atoms with van der Waals surface area (Å²) in [4.78, 5) is 0. The molecule has 2 aromatic rings. The van der Waals surface area contributed by atoms with E-state index in [-0.39, 0.29) is 11.6 Å². The summed E-state index contributed by atoms with van der Waals surface area (Å²) >= 11 is 4.87. The van der Waals surface area contributed by atoms with Gasteiger partial charge in [0.05, 0.1) is 9.98 Å². The molecule has 0 bridgehead atoms. The number of nitrogens with zero attached hydrogens (tertiary/aromatic N) is 2. The molecular weight excluding hydrogens is 352 g/mol. The average molecular weight is 365 g/mol. The summed E-state index contributed by atoms with van der Waals surface area (Å²) < 4.78 is 27.0. The van der Waals surface area contributed by atoms with Crippen LogP contribution in [0.2, 0.25) is 0 Å². The van der Waals surface area contributed by atoms with Crippen molar-refractivity contribution in [1.82, 2.24) is 14.5 Å². The molecule has 9 heteroatoms. The van der Waals surface area contributed by atoms with Gasteiger partial charge in [-0.05, 0) is 32.9 Å². The third kappa shape index (κ3) is 3.06. The molecule has 6 nitrogen and oxygen atoms in total. The van der Waals surface area contributed by atoms with Gasteiger partial charge in [0.25, 0.3) is 10.0 Å². The van der Waals surface area contributed by atoms with E-state index in [9.17, 15) is 8.42 Å². The number of aromatic amines is 1. The van der Waals surface area contributed by atoms with Crippen molar-refractivity contribution in [1.29, 1.82) is 0 Å². The maximum absolute atomic E-state index is 12.4. The van der Waals surface area contributed by atoms with Gasteiger partial charge >= 0.3 is 0 Å². The van der Waals surface area contributed by atoms with Crippen LogP contribution in [0.3, 0.4) is 0 Å². The lowest BCUT2D eigenvalue weighted by atomic mass is 10.3. The van der Waals surface area contributed by atoms with Crippen LogP contribution in [-0.4, -0.2) is 30.0 Å². The molecule has 2 rings (SSSR count). The van der Waals surface area contributed by atoms with Crippen molar-refractivity contribution < 1.29 is 8.42 Å². The van der Waals surface area contributed by atoms with Crippen LogP contribution >= 0.6 is 27.3 Å². The highest BCUT2D eigenvalue weighted by Crippen LogP contribution is 2.23. The van der Waals surface area contributed by atoms with Crippen LogP contribution in [-0.2, 0) is 23.1 Å². The molecule has 0 spiro atoms. The SMILES string of the molecule is CN(Cc1csc(Br)c1)S(=O)(=O)c1[nH]ncc1CN. The zero-order valence-electron chi connectivity index (χ0n) is 10.1. The van der Waals surface area contributed by atoms with E-state index in [1.165, 1.54) is 28.9 Å². The number of thiophene rings is 1. The highest BCUT2D eigenvalue weighted by Gasteiger charge is 2.25. The molecule has 0 aliphatic rings. The summed E-state index contributed by atoms with van der Waals surface area (Å²) in [6.07, 6.45) is 1.43. The van der Waals surface area contributed by atoms with E-state index < -0.39 is 10.0 Å². The van der Waals surface area contributed by atoms with E-state index in [4.69, 9.17) is 5.73 Å². The lowest BCUT2D eigenvalue weighted by Crippen LogP contribution is -2.27. The average Bonchev–Trinajstić information content (AvgIpc) is 2.97. The van der Waals surface area contributed by atoms with Gasteiger partial charge in [0.1, 0.15) is 0 Å². The normalized spacial score (nSPS) is 12.2. The minimum Gasteiger partial charge on any atom is -0.326 e. The Bertz CT molecular complexity index is 665. The van der Waals surface area contributed by atoms with E-state index in [0.717, 1.165) is 9.35 Å². The van der Waals surface area contributed by atoms with Crippen molar-refractivity contribution in [2.24, 2.45) is 5.73 Å². The smallest absolute Gasteiger partial charge is 0.260 e. The van der Waals surface area contributed by atoms with Crippen LogP contribution in [0.4, 0.5) is 0 Å². The zero-order chi connectivity index (χ0) is 14.0. The Hall–Kier alpha value is -0.740. The second kappa shape index (κ2) is 5.71. The van der Waals surface area contributed by atoms with Gasteiger partial charge < -0.3 is 5.73 Å². The second-order valence-corrected chi connectivity index (χ2v) is 8.22. The molecule has 104 valence electrons. The Balaban J connectivity index is 2.24. The Kier molecular flexibility index (Phi) is 4.41. The maximum atomic E-state index is 12.4. The molecule has 0 amide bonds. The number of hydrogen-bond donors (Lipinski definition) is 2. The van der Waals surface area contributed by atoms with E-state index in [2.05, 4.69) is 26.1 Å². The summed E-state index contributed by atoms with van der Waals surface area (Å²) in [6.45, 7) is 0.427. The molecule has 0 fully saturated rings. The molecule has 0 saturated heterocycles. The van der Waals surface area contributed by atoms with Crippen molar-refractivity contribution in [3.05, 3.63) is 32.6 Å². The minimum absolute atomic E-state index is 0.0618. The monoisotopic (exact) mass is 364 g/mol. The van der Waals surface area contributed by atoms with Crippen LogP contribution in [0.15, 0.2) is 26.5 Å². The molecule has 2 heterocycles. The molecule has 2 aromatic heterocycles. The molecular formula is C10H13BrN4O2S2. The molecule has 3 N–H and O–H groups in total. The van der Waals surface area contributed by atoms with Gasteiger partial charge in [-0.3, -0.25) is 5.10 Å². The van der Waals surface area contributed by atoms with E-state index in [1.807, 2.05) is 11.4 Å². The molecule has 0 radical (unpaired) electrons. The van der Waals surface area contributed by atoms with Gasteiger partial charge in [-0.1, -0.05) is 0 Å². The summed E-state index contributed by atoms with van der Waals surface area (Å²) in [5.41, 5.74) is 6.91.